The summed E-state index contributed by atoms with van der Waals surface area (Å²) in [5, 5.41) is 12.2. The number of hydrogen-bond acceptors (Lipinski definition) is 5. The SMILES string of the molecule is COc1ccccc1-c1nnc(SCC(=O)Nc2ccc3c(c2)CCC3)n1C. The molecule has 1 aromatic heterocycles. The summed E-state index contributed by atoms with van der Waals surface area (Å²) in [5.41, 5.74) is 4.48. The monoisotopic (exact) mass is 394 g/mol. The van der Waals surface area contributed by atoms with Gasteiger partial charge in [-0.2, -0.15) is 0 Å². The van der Waals surface area contributed by atoms with Gasteiger partial charge in [-0.05, 0) is 54.7 Å². The zero-order valence-electron chi connectivity index (χ0n) is 15.9. The van der Waals surface area contributed by atoms with Crippen LogP contribution in [0.5, 0.6) is 5.75 Å². The number of carbonyl (C=O) groups is 1. The summed E-state index contributed by atoms with van der Waals surface area (Å²) >= 11 is 1.37. The largest absolute Gasteiger partial charge is 0.496 e. The molecule has 1 aliphatic rings. The van der Waals surface area contributed by atoms with Crippen LogP contribution < -0.4 is 10.1 Å². The molecular weight excluding hydrogens is 372 g/mol. The van der Waals surface area contributed by atoms with E-state index >= 15 is 0 Å². The molecule has 7 heteroatoms. The first-order valence-corrected chi connectivity index (χ1v) is 10.2. The van der Waals surface area contributed by atoms with Crippen LogP contribution in [0, 0.1) is 0 Å². The Morgan fingerprint density at radius 1 is 1.18 bits per heavy atom. The Bertz CT molecular complexity index is 1020. The lowest BCUT2D eigenvalue weighted by Gasteiger charge is -2.09. The molecule has 0 aliphatic heterocycles. The molecule has 1 heterocycles. The molecule has 4 rings (SSSR count). The summed E-state index contributed by atoms with van der Waals surface area (Å²) in [6.45, 7) is 0. The maximum atomic E-state index is 12.4. The third-order valence-corrected chi connectivity index (χ3v) is 5.92. The number of benzene rings is 2. The van der Waals surface area contributed by atoms with E-state index in [2.05, 4.69) is 27.6 Å². The van der Waals surface area contributed by atoms with E-state index in [1.165, 1.54) is 29.3 Å². The topological polar surface area (TPSA) is 69.0 Å². The van der Waals surface area contributed by atoms with E-state index in [4.69, 9.17) is 4.74 Å². The molecule has 0 bridgehead atoms. The Morgan fingerprint density at radius 3 is 2.86 bits per heavy atom. The molecule has 3 aromatic rings. The van der Waals surface area contributed by atoms with Gasteiger partial charge in [0.25, 0.3) is 0 Å². The minimum absolute atomic E-state index is 0.0511. The lowest BCUT2D eigenvalue weighted by atomic mass is 10.1. The van der Waals surface area contributed by atoms with Crippen LogP contribution in [0.2, 0.25) is 0 Å². The quantitative estimate of drug-likeness (QED) is 0.646. The van der Waals surface area contributed by atoms with Crippen LogP contribution in [-0.4, -0.2) is 33.5 Å². The van der Waals surface area contributed by atoms with E-state index in [9.17, 15) is 4.79 Å². The molecule has 144 valence electrons. The van der Waals surface area contributed by atoms with Crippen LogP contribution >= 0.6 is 11.8 Å². The fourth-order valence-electron chi connectivity index (χ4n) is 3.48. The molecule has 0 atom stereocenters. The number of nitrogens with one attached hydrogen (secondary N) is 1. The number of fused-ring (bicyclic) bond motifs is 1. The van der Waals surface area contributed by atoms with Crippen LogP contribution in [0.25, 0.3) is 11.4 Å². The van der Waals surface area contributed by atoms with Crippen molar-refractivity contribution in [3.63, 3.8) is 0 Å². The first-order chi connectivity index (χ1) is 13.7. The van der Waals surface area contributed by atoms with Gasteiger partial charge in [0.2, 0.25) is 5.91 Å². The van der Waals surface area contributed by atoms with Gasteiger partial charge in [-0.3, -0.25) is 4.79 Å². The lowest BCUT2D eigenvalue weighted by molar-refractivity contribution is -0.113. The number of hydrogen-bond donors (Lipinski definition) is 1. The number of aromatic nitrogens is 3. The zero-order valence-corrected chi connectivity index (χ0v) is 16.8. The number of nitrogens with zero attached hydrogens (tertiary/aromatic N) is 3. The fraction of sp³-hybridized carbons (Fsp3) is 0.286. The summed E-state index contributed by atoms with van der Waals surface area (Å²) in [4.78, 5) is 12.4. The molecule has 0 unspecified atom stereocenters. The Balaban J connectivity index is 1.41. The number of para-hydroxylation sites is 1. The van der Waals surface area contributed by atoms with Gasteiger partial charge in [-0.15, -0.1) is 10.2 Å². The van der Waals surface area contributed by atoms with E-state index in [1.54, 1.807) is 7.11 Å². The minimum Gasteiger partial charge on any atom is -0.496 e. The fourth-order valence-corrected chi connectivity index (χ4v) is 4.19. The predicted octanol–water partition coefficient (Wildman–Crippen LogP) is 3.71. The van der Waals surface area contributed by atoms with E-state index < -0.39 is 0 Å². The Labute approximate surface area is 168 Å². The van der Waals surface area contributed by atoms with E-state index in [0.717, 1.165) is 29.8 Å². The highest BCUT2D eigenvalue weighted by atomic mass is 32.2. The molecule has 1 amide bonds. The number of methoxy groups -OCH3 is 1. The van der Waals surface area contributed by atoms with Crippen molar-refractivity contribution in [2.45, 2.75) is 24.4 Å². The second-order valence-corrected chi connectivity index (χ2v) is 7.68. The molecule has 2 aromatic carbocycles. The van der Waals surface area contributed by atoms with Gasteiger partial charge in [-0.25, -0.2) is 0 Å². The van der Waals surface area contributed by atoms with Gasteiger partial charge < -0.3 is 14.6 Å². The van der Waals surface area contributed by atoms with E-state index in [0.29, 0.717) is 11.0 Å². The van der Waals surface area contributed by atoms with Gasteiger partial charge in [-0.1, -0.05) is 30.0 Å². The van der Waals surface area contributed by atoms with Crippen molar-refractivity contribution in [3.8, 4) is 17.1 Å². The molecule has 6 nitrogen and oxygen atoms in total. The number of rotatable bonds is 6. The summed E-state index contributed by atoms with van der Waals surface area (Å²) in [6.07, 6.45) is 3.43. The first-order valence-electron chi connectivity index (χ1n) is 9.23. The van der Waals surface area contributed by atoms with Crippen molar-refractivity contribution in [1.82, 2.24) is 14.8 Å². The molecule has 1 N–H and O–H groups in total. The highest BCUT2D eigenvalue weighted by Gasteiger charge is 2.16. The molecule has 1 aliphatic carbocycles. The molecule has 0 saturated carbocycles. The van der Waals surface area contributed by atoms with E-state index in [-0.39, 0.29) is 11.7 Å². The summed E-state index contributed by atoms with van der Waals surface area (Å²) in [6, 6.07) is 13.9. The zero-order chi connectivity index (χ0) is 19.5. The van der Waals surface area contributed by atoms with Gasteiger partial charge in [0.05, 0.1) is 18.4 Å². The minimum atomic E-state index is -0.0511. The van der Waals surface area contributed by atoms with Crippen LogP contribution in [0.1, 0.15) is 17.5 Å². The smallest absolute Gasteiger partial charge is 0.234 e. The summed E-state index contributed by atoms with van der Waals surface area (Å²) < 4.78 is 7.29. The average Bonchev–Trinajstić information content (AvgIpc) is 3.32. The predicted molar refractivity (Wildman–Crippen MR) is 111 cm³/mol. The Kier molecular flexibility index (Phi) is 5.34. The molecule has 0 saturated heterocycles. The number of thioether (sulfide) groups is 1. The van der Waals surface area contributed by atoms with Crippen molar-refractivity contribution < 1.29 is 9.53 Å². The van der Waals surface area contributed by atoms with Crippen molar-refractivity contribution in [2.75, 3.05) is 18.2 Å². The van der Waals surface area contributed by atoms with Crippen molar-refractivity contribution in [2.24, 2.45) is 7.05 Å². The van der Waals surface area contributed by atoms with Gasteiger partial charge in [0.15, 0.2) is 11.0 Å². The number of anilines is 1. The Hall–Kier alpha value is -2.80. The van der Waals surface area contributed by atoms with Crippen LogP contribution in [0.3, 0.4) is 0 Å². The lowest BCUT2D eigenvalue weighted by Crippen LogP contribution is -2.14. The van der Waals surface area contributed by atoms with Crippen molar-refractivity contribution in [3.05, 3.63) is 53.6 Å². The van der Waals surface area contributed by atoms with Crippen LogP contribution in [-0.2, 0) is 24.7 Å². The summed E-state index contributed by atoms with van der Waals surface area (Å²) in [5.74, 6) is 1.67. The maximum absolute atomic E-state index is 12.4. The second-order valence-electron chi connectivity index (χ2n) is 6.74. The van der Waals surface area contributed by atoms with Crippen LogP contribution in [0.4, 0.5) is 5.69 Å². The number of aryl methyl sites for hydroxylation is 2. The first kappa shape index (κ1) is 18.6. The van der Waals surface area contributed by atoms with Crippen LogP contribution in [0.15, 0.2) is 47.6 Å². The molecular formula is C21H22N4O2S. The maximum Gasteiger partial charge on any atom is 0.234 e. The molecule has 0 radical (unpaired) electrons. The van der Waals surface area contributed by atoms with E-state index in [1.807, 2.05) is 41.9 Å². The summed E-state index contributed by atoms with van der Waals surface area (Å²) in [7, 11) is 3.52. The molecule has 0 fully saturated rings. The highest BCUT2D eigenvalue weighted by Crippen LogP contribution is 2.30. The number of carbonyl (C=O) groups excluding carboxylic acids is 1. The van der Waals surface area contributed by atoms with Gasteiger partial charge in [0, 0.05) is 12.7 Å². The standard InChI is InChI=1S/C21H22N4O2S/c1-25-20(17-8-3-4-9-18(17)27-2)23-24-21(25)28-13-19(26)22-16-11-10-14-6-5-7-15(14)12-16/h3-4,8-12H,5-7,13H2,1-2H3,(H,22,26). The highest BCUT2D eigenvalue weighted by molar-refractivity contribution is 7.99. The third-order valence-electron chi connectivity index (χ3n) is 4.90. The molecule has 0 spiro atoms. The van der Waals surface area contributed by atoms with Crippen molar-refractivity contribution >= 4 is 23.4 Å². The van der Waals surface area contributed by atoms with Gasteiger partial charge >= 0.3 is 0 Å². The average molecular weight is 395 g/mol. The number of amides is 1. The van der Waals surface area contributed by atoms with Gasteiger partial charge in [0.1, 0.15) is 5.75 Å². The number of ether oxygens (including phenoxy) is 1. The third kappa shape index (κ3) is 3.75. The Morgan fingerprint density at radius 2 is 2.00 bits per heavy atom. The van der Waals surface area contributed by atoms with Crippen molar-refractivity contribution in [1.29, 1.82) is 0 Å². The molecule has 28 heavy (non-hydrogen) atoms. The second kappa shape index (κ2) is 8.06. The normalized spacial score (nSPS) is 12.6.